The Balaban J connectivity index is 1.94. The lowest BCUT2D eigenvalue weighted by Crippen LogP contribution is -2.21. The van der Waals surface area contributed by atoms with E-state index in [-0.39, 0.29) is 6.42 Å². The minimum absolute atomic E-state index is 0.342. The van der Waals surface area contributed by atoms with E-state index < -0.39 is 11.8 Å². The Morgan fingerprint density at radius 2 is 1.83 bits per heavy atom. The molecule has 6 nitrogen and oxygen atoms in total. The van der Waals surface area contributed by atoms with Crippen LogP contribution in [-0.4, -0.2) is 18.9 Å². The van der Waals surface area contributed by atoms with Gasteiger partial charge in [0.1, 0.15) is 18.2 Å². The van der Waals surface area contributed by atoms with Gasteiger partial charge >= 0.3 is 0 Å². The highest BCUT2D eigenvalue weighted by Crippen LogP contribution is 2.17. The van der Waals surface area contributed by atoms with Crippen molar-refractivity contribution < 1.29 is 14.3 Å². The summed E-state index contributed by atoms with van der Waals surface area (Å²) in [6.45, 7) is 0. The molecule has 0 heterocycles. The number of ether oxygens (including phenoxy) is 1. The van der Waals surface area contributed by atoms with Gasteiger partial charge in [-0.3, -0.25) is 9.59 Å². The minimum Gasteiger partial charge on any atom is -0.497 e. The maximum atomic E-state index is 11.9. The molecule has 2 rings (SSSR count). The van der Waals surface area contributed by atoms with Gasteiger partial charge in [-0.2, -0.15) is 5.26 Å². The summed E-state index contributed by atoms with van der Waals surface area (Å²) in [5.74, 6) is -0.339. The molecule has 6 heteroatoms. The van der Waals surface area contributed by atoms with E-state index in [1.54, 1.807) is 48.5 Å². The van der Waals surface area contributed by atoms with E-state index in [0.717, 1.165) is 0 Å². The van der Waals surface area contributed by atoms with Gasteiger partial charge in [0.2, 0.25) is 11.8 Å². The minimum atomic E-state index is -0.493. The Hall–Kier alpha value is -3.33. The number of nitriles is 1. The predicted octanol–water partition coefficient (Wildman–Crippen LogP) is 2.53. The van der Waals surface area contributed by atoms with E-state index >= 15 is 0 Å². The molecule has 116 valence electrons. The largest absolute Gasteiger partial charge is 0.497 e. The topological polar surface area (TPSA) is 91.2 Å². The number of carbonyl (C=O) groups excluding carboxylic acids is 2. The van der Waals surface area contributed by atoms with Gasteiger partial charge in [0, 0.05) is 11.8 Å². The number of benzene rings is 2. The number of nitrogens with one attached hydrogen (secondary N) is 2. The Bertz CT molecular complexity index is 766. The van der Waals surface area contributed by atoms with E-state index in [4.69, 9.17) is 10.00 Å². The van der Waals surface area contributed by atoms with E-state index in [2.05, 4.69) is 10.6 Å². The maximum Gasteiger partial charge on any atom is 0.233 e. The molecule has 2 N–H and O–H groups in total. The third kappa shape index (κ3) is 4.58. The van der Waals surface area contributed by atoms with Gasteiger partial charge in [-0.1, -0.05) is 18.2 Å². The van der Waals surface area contributed by atoms with E-state index in [1.165, 1.54) is 7.11 Å². The van der Waals surface area contributed by atoms with Crippen molar-refractivity contribution >= 4 is 23.2 Å². The molecule has 2 aromatic carbocycles. The number of anilines is 2. The summed E-state index contributed by atoms with van der Waals surface area (Å²) in [6.07, 6.45) is -0.350. The molecular weight excluding hydrogens is 294 g/mol. The third-order valence-corrected chi connectivity index (χ3v) is 3.00. The summed E-state index contributed by atoms with van der Waals surface area (Å²) >= 11 is 0. The second-order valence-electron chi connectivity index (χ2n) is 4.66. The van der Waals surface area contributed by atoms with Gasteiger partial charge in [0.15, 0.2) is 0 Å². The molecule has 0 bridgehead atoms. The average Bonchev–Trinajstić information content (AvgIpc) is 2.55. The quantitative estimate of drug-likeness (QED) is 0.830. The fourth-order valence-corrected chi connectivity index (χ4v) is 1.94. The zero-order valence-electron chi connectivity index (χ0n) is 12.5. The number of para-hydroxylation sites is 1. The molecular formula is C17H15N3O3. The fourth-order valence-electron chi connectivity index (χ4n) is 1.94. The summed E-state index contributed by atoms with van der Waals surface area (Å²) in [6, 6.07) is 15.4. The molecule has 0 atom stereocenters. The Morgan fingerprint density at radius 1 is 1.09 bits per heavy atom. The highest BCUT2D eigenvalue weighted by molar-refractivity contribution is 6.08. The van der Waals surface area contributed by atoms with E-state index in [9.17, 15) is 9.59 Å². The second-order valence-corrected chi connectivity index (χ2v) is 4.66. The van der Waals surface area contributed by atoms with Gasteiger partial charge in [0.05, 0.1) is 18.4 Å². The zero-order chi connectivity index (χ0) is 16.7. The number of nitrogens with zero attached hydrogens (tertiary/aromatic N) is 1. The van der Waals surface area contributed by atoms with Crippen molar-refractivity contribution in [2.24, 2.45) is 0 Å². The van der Waals surface area contributed by atoms with Crippen LogP contribution in [0.2, 0.25) is 0 Å². The standard InChI is InChI=1S/C17H15N3O3/c1-23-14-7-4-6-13(9-14)19-16(21)10-17(22)20-15-8-3-2-5-12(15)11-18/h2-9H,10H2,1H3,(H,19,21)(H,20,22). The Labute approximate surface area is 133 Å². The molecule has 0 fully saturated rings. The van der Waals surface area contributed by atoms with E-state index in [1.807, 2.05) is 6.07 Å². The van der Waals surface area contributed by atoms with Crippen LogP contribution in [0.5, 0.6) is 5.75 Å². The first-order valence-electron chi connectivity index (χ1n) is 6.85. The molecule has 0 radical (unpaired) electrons. The highest BCUT2D eigenvalue weighted by Gasteiger charge is 2.12. The molecule has 0 aromatic heterocycles. The number of rotatable bonds is 5. The molecule has 0 spiro atoms. The van der Waals surface area contributed by atoms with Crippen molar-refractivity contribution in [1.82, 2.24) is 0 Å². The van der Waals surface area contributed by atoms with Crippen LogP contribution in [0.25, 0.3) is 0 Å². The lowest BCUT2D eigenvalue weighted by atomic mass is 10.2. The Kier molecular flexibility index (Phi) is 5.31. The monoisotopic (exact) mass is 309 g/mol. The number of carbonyl (C=O) groups is 2. The normalized spacial score (nSPS) is 9.57. The van der Waals surface area contributed by atoms with Crippen LogP contribution in [0.4, 0.5) is 11.4 Å². The summed E-state index contributed by atoms with van der Waals surface area (Å²) < 4.78 is 5.06. The van der Waals surface area contributed by atoms with Crippen LogP contribution in [0.15, 0.2) is 48.5 Å². The molecule has 0 aliphatic rings. The van der Waals surface area contributed by atoms with Crippen molar-refractivity contribution in [3.05, 3.63) is 54.1 Å². The number of methoxy groups -OCH3 is 1. The fraction of sp³-hybridized carbons (Fsp3) is 0.118. The number of hydrogen-bond acceptors (Lipinski definition) is 4. The molecule has 0 saturated carbocycles. The molecule has 0 unspecified atom stereocenters. The summed E-state index contributed by atoms with van der Waals surface area (Å²) in [5.41, 5.74) is 1.27. The average molecular weight is 309 g/mol. The van der Waals surface area contributed by atoms with Crippen molar-refractivity contribution in [2.45, 2.75) is 6.42 Å². The summed E-state index contributed by atoms with van der Waals surface area (Å²) in [4.78, 5) is 23.8. The van der Waals surface area contributed by atoms with Gasteiger partial charge in [-0.25, -0.2) is 0 Å². The van der Waals surface area contributed by atoms with Crippen molar-refractivity contribution in [1.29, 1.82) is 5.26 Å². The number of amides is 2. The zero-order valence-corrected chi connectivity index (χ0v) is 12.5. The van der Waals surface area contributed by atoms with Crippen LogP contribution in [0, 0.1) is 11.3 Å². The van der Waals surface area contributed by atoms with Crippen LogP contribution >= 0.6 is 0 Å². The summed E-state index contributed by atoms with van der Waals surface area (Å²) in [7, 11) is 1.53. The third-order valence-electron chi connectivity index (χ3n) is 3.00. The van der Waals surface area contributed by atoms with Crippen LogP contribution in [-0.2, 0) is 9.59 Å². The van der Waals surface area contributed by atoms with Gasteiger partial charge < -0.3 is 15.4 Å². The SMILES string of the molecule is COc1cccc(NC(=O)CC(=O)Nc2ccccc2C#N)c1. The van der Waals surface area contributed by atoms with Gasteiger partial charge in [-0.05, 0) is 24.3 Å². The second kappa shape index (κ2) is 7.61. The smallest absolute Gasteiger partial charge is 0.233 e. The molecule has 2 aromatic rings. The molecule has 0 aliphatic carbocycles. The van der Waals surface area contributed by atoms with Crippen molar-refractivity contribution in [3.8, 4) is 11.8 Å². The lowest BCUT2D eigenvalue weighted by molar-refractivity contribution is -0.123. The van der Waals surface area contributed by atoms with Crippen molar-refractivity contribution in [2.75, 3.05) is 17.7 Å². The lowest BCUT2D eigenvalue weighted by Gasteiger charge is -2.08. The molecule has 0 saturated heterocycles. The molecule has 2 amide bonds. The first-order valence-corrected chi connectivity index (χ1v) is 6.85. The van der Waals surface area contributed by atoms with Crippen LogP contribution in [0.1, 0.15) is 12.0 Å². The van der Waals surface area contributed by atoms with Gasteiger partial charge in [0.25, 0.3) is 0 Å². The van der Waals surface area contributed by atoms with Crippen molar-refractivity contribution in [3.63, 3.8) is 0 Å². The maximum absolute atomic E-state index is 11.9. The predicted molar refractivity (Wildman–Crippen MR) is 86.0 cm³/mol. The van der Waals surface area contributed by atoms with E-state index in [0.29, 0.717) is 22.7 Å². The highest BCUT2D eigenvalue weighted by atomic mass is 16.5. The Morgan fingerprint density at radius 3 is 2.57 bits per heavy atom. The first-order chi connectivity index (χ1) is 11.1. The molecule has 23 heavy (non-hydrogen) atoms. The van der Waals surface area contributed by atoms with Crippen LogP contribution < -0.4 is 15.4 Å². The van der Waals surface area contributed by atoms with Gasteiger partial charge in [-0.15, -0.1) is 0 Å². The van der Waals surface area contributed by atoms with Crippen LogP contribution in [0.3, 0.4) is 0 Å². The molecule has 0 aliphatic heterocycles. The summed E-state index contributed by atoms with van der Waals surface area (Å²) in [5, 5.41) is 14.1. The first kappa shape index (κ1) is 16.0. The number of hydrogen-bond donors (Lipinski definition) is 2.